The summed E-state index contributed by atoms with van der Waals surface area (Å²) in [6, 6.07) is 3.73. The number of halogens is 1. The Morgan fingerprint density at radius 1 is 1.08 bits per heavy atom. The average molecular weight is 729 g/mol. The Bertz CT molecular complexity index is 1610. The van der Waals surface area contributed by atoms with Crippen molar-refractivity contribution in [2.45, 2.75) is 89.3 Å². The van der Waals surface area contributed by atoms with Crippen LogP contribution in [0.15, 0.2) is 35.4 Å². The number of benzene rings is 1. The fraction of sp³-hybridized carbons (Fsp3) is 0.692. The second-order valence-corrected chi connectivity index (χ2v) is 19.0. The lowest BCUT2D eigenvalue weighted by molar-refractivity contribution is -0.115. The van der Waals surface area contributed by atoms with Crippen molar-refractivity contribution in [1.29, 1.82) is 0 Å². The van der Waals surface area contributed by atoms with Crippen molar-refractivity contribution in [3.8, 4) is 5.75 Å². The predicted octanol–water partition coefficient (Wildman–Crippen LogP) is 5.93. The van der Waals surface area contributed by atoms with Crippen LogP contribution in [0.5, 0.6) is 5.75 Å². The van der Waals surface area contributed by atoms with Gasteiger partial charge in [-0.1, -0.05) is 50.4 Å². The minimum Gasteiger partial charge on any atom is -0.490 e. The van der Waals surface area contributed by atoms with Crippen LogP contribution in [-0.2, 0) is 21.2 Å². The first-order valence-electron chi connectivity index (χ1n) is 18.8. The fourth-order valence-corrected chi connectivity index (χ4v) is 10.4. The van der Waals surface area contributed by atoms with Crippen molar-refractivity contribution in [1.82, 2.24) is 14.9 Å². The molecule has 1 saturated carbocycles. The maximum atomic E-state index is 14.1. The smallest absolute Gasteiger partial charge is 0.264 e. The van der Waals surface area contributed by atoms with Gasteiger partial charge in [0.15, 0.2) is 0 Å². The summed E-state index contributed by atoms with van der Waals surface area (Å²) in [5.41, 5.74) is 1.60. The van der Waals surface area contributed by atoms with Crippen LogP contribution in [0.2, 0.25) is 0 Å². The number of nitrogens with zero attached hydrogens (tertiary/aromatic N) is 2. The molecule has 0 radical (unpaired) electrons. The first-order chi connectivity index (χ1) is 23.7. The first kappa shape index (κ1) is 37.4. The van der Waals surface area contributed by atoms with Gasteiger partial charge in [0.1, 0.15) is 12.0 Å². The summed E-state index contributed by atoms with van der Waals surface area (Å²) in [4.78, 5) is 31.2. The van der Waals surface area contributed by atoms with Crippen LogP contribution in [0.3, 0.4) is 0 Å². The van der Waals surface area contributed by atoms with Gasteiger partial charge in [-0.05, 0) is 113 Å². The Morgan fingerprint density at radius 2 is 1.86 bits per heavy atom. The number of anilines is 1. The zero-order valence-electron chi connectivity index (χ0n) is 30.5. The van der Waals surface area contributed by atoms with Crippen LogP contribution in [0.25, 0.3) is 0 Å². The number of hydrogen-bond donors (Lipinski definition) is 2. The molecule has 5 aliphatic rings. The van der Waals surface area contributed by atoms with E-state index in [0.29, 0.717) is 36.8 Å². The number of carbonyl (C=O) groups is 2. The molecule has 1 amide bonds. The summed E-state index contributed by atoms with van der Waals surface area (Å²) in [6.07, 6.45) is 15.3. The van der Waals surface area contributed by atoms with Gasteiger partial charge in [-0.3, -0.25) is 4.79 Å². The lowest BCUT2D eigenvalue weighted by Crippen LogP contribution is -2.68. The summed E-state index contributed by atoms with van der Waals surface area (Å²) >= 11 is 6.54. The second-order valence-electron chi connectivity index (χ2n) is 16.5. The molecule has 3 aliphatic heterocycles. The number of ether oxygens (including phenoxy) is 1. The molecule has 3 heterocycles. The standard InChI is InChI=1S/C39H57ClN4O5S/c1-26-9-8-10-29(22-45)34-13-12-28(34)21-44-16-7-6-11-32-19-33(40)14-15-38(32,3)25-49-36-31(20-39(43(4)5)23-41-24-39)17-30(18-35(36)44)37(46)42-50(47,48)27(26)2/h14-15,17-19,22,26-29,32,34,41H,6-13,16,20-21,23-25H2,1-5H3,(H,42,46)/t26-,27+,28-,29?,32?,34+,38?/m0/s1. The van der Waals surface area contributed by atoms with E-state index in [0.717, 1.165) is 99.4 Å². The molecule has 2 aliphatic carbocycles. The van der Waals surface area contributed by atoms with Crippen molar-refractivity contribution >= 4 is 39.5 Å². The third-order valence-corrected chi connectivity index (χ3v) is 15.2. The van der Waals surface area contributed by atoms with E-state index in [1.807, 2.05) is 25.1 Å². The quantitative estimate of drug-likeness (QED) is 0.368. The van der Waals surface area contributed by atoms with Gasteiger partial charge in [-0.15, -0.1) is 0 Å². The van der Waals surface area contributed by atoms with Crippen LogP contribution in [0.1, 0.15) is 88.1 Å². The topological polar surface area (TPSA) is 108 Å². The molecule has 276 valence electrons. The summed E-state index contributed by atoms with van der Waals surface area (Å²) in [6.45, 7) is 9.38. The lowest BCUT2D eigenvalue weighted by atomic mass is 9.66. The molecule has 1 saturated heterocycles. The minimum absolute atomic E-state index is 0.0421. The Hall–Kier alpha value is -2.40. The highest BCUT2D eigenvalue weighted by Gasteiger charge is 2.43. The highest BCUT2D eigenvalue weighted by atomic mass is 35.5. The Labute approximate surface area is 304 Å². The maximum absolute atomic E-state index is 14.1. The van der Waals surface area contributed by atoms with E-state index >= 15 is 0 Å². The number of nitrogens with one attached hydrogen (secondary N) is 2. The number of rotatable bonds is 4. The lowest BCUT2D eigenvalue weighted by Gasteiger charge is -2.48. The highest BCUT2D eigenvalue weighted by molar-refractivity contribution is 7.90. The van der Waals surface area contributed by atoms with Crippen molar-refractivity contribution in [3.05, 3.63) is 46.5 Å². The van der Waals surface area contributed by atoms with E-state index in [1.165, 1.54) is 0 Å². The molecule has 2 bridgehead atoms. The van der Waals surface area contributed by atoms with Gasteiger partial charge >= 0.3 is 0 Å². The van der Waals surface area contributed by atoms with Gasteiger partial charge < -0.3 is 24.6 Å². The number of sulfonamides is 1. The molecule has 9 nitrogen and oxygen atoms in total. The summed E-state index contributed by atoms with van der Waals surface area (Å²) in [7, 11) is 0.206. The molecule has 2 N–H and O–H groups in total. The maximum Gasteiger partial charge on any atom is 0.264 e. The number of aldehydes is 1. The van der Waals surface area contributed by atoms with Gasteiger partial charge in [0, 0.05) is 53.6 Å². The highest BCUT2D eigenvalue weighted by Crippen LogP contribution is 2.46. The SMILES string of the molecule is C[C@@H]1[C@@H](C)CCCC(C=O)[C@@H]2CC[C@H]2CN2CCCCC3C=C(Cl)C=CC3(C)COc3c(CC4(N(C)C)CNC4)cc(cc32)C(=O)NS1(=O)=O. The molecule has 0 aromatic heterocycles. The van der Waals surface area contributed by atoms with E-state index < -0.39 is 21.2 Å². The average Bonchev–Trinajstić information content (AvgIpc) is 3.06. The molecule has 1 aromatic rings. The number of carbonyl (C=O) groups excluding carboxylic acids is 2. The second kappa shape index (κ2) is 14.9. The number of fused-ring (bicyclic) bond motifs is 3. The van der Waals surface area contributed by atoms with Gasteiger partial charge in [0.05, 0.1) is 17.5 Å². The molecule has 3 unspecified atom stereocenters. The number of allylic oxidation sites excluding steroid dienone is 3. The van der Waals surface area contributed by atoms with Crippen molar-refractivity contribution in [2.24, 2.45) is 35.0 Å². The summed E-state index contributed by atoms with van der Waals surface area (Å²) in [5.74, 6) is 0.814. The molecule has 2 fully saturated rings. The zero-order valence-corrected chi connectivity index (χ0v) is 32.1. The first-order valence-corrected chi connectivity index (χ1v) is 20.7. The predicted molar refractivity (Wildman–Crippen MR) is 200 cm³/mol. The third kappa shape index (κ3) is 7.55. The van der Waals surface area contributed by atoms with Gasteiger partial charge in [-0.25, -0.2) is 13.1 Å². The number of hydrogen-bond acceptors (Lipinski definition) is 8. The molecule has 11 heteroatoms. The summed E-state index contributed by atoms with van der Waals surface area (Å²) < 4.78 is 36.8. The van der Waals surface area contributed by atoms with Crippen LogP contribution < -0.4 is 19.7 Å². The largest absolute Gasteiger partial charge is 0.490 e. The van der Waals surface area contributed by atoms with Gasteiger partial charge in [-0.2, -0.15) is 0 Å². The minimum atomic E-state index is -3.96. The van der Waals surface area contributed by atoms with Crippen LogP contribution in [-0.4, -0.2) is 83.2 Å². The van der Waals surface area contributed by atoms with Crippen LogP contribution in [0.4, 0.5) is 5.69 Å². The molecular weight excluding hydrogens is 672 g/mol. The zero-order chi connectivity index (χ0) is 35.8. The summed E-state index contributed by atoms with van der Waals surface area (Å²) in [5, 5.41) is 3.44. The van der Waals surface area contributed by atoms with Gasteiger partial charge in [0.2, 0.25) is 10.0 Å². The molecule has 0 spiro atoms. The molecule has 7 atom stereocenters. The van der Waals surface area contributed by atoms with E-state index in [1.54, 1.807) is 6.92 Å². The van der Waals surface area contributed by atoms with Crippen LogP contribution in [0, 0.1) is 35.0 Å². The molecule has 50 heavy (non-hydrogen) atoms. The molecule has 1 aromatic carbocycles. The van der Waals surface area contributed by atoms with E-state index in [4.69, 9.17) is 16.3 Å². The Morgan fingerprint density at radius 3 is 2.52 bits per heavy atom. The van der Waals surface area contributed by atoms with Crippen molar-refractivity contribution in [2.75, 3.05) is 51.8 Å². The van der Waals surface area contributed by atoms with Gasteiger partial charge in [0.25, 0.3) is 5.91 Å². The van der Waals surface area contributed by atoms with E-state index in [9.17, 15) is 18.0 Å². The van der Waals surface area contributed by atoms with Crippen LogP contribution >= 0.6 is 11.6 Å². The normalized spacial score (nSPS) is 34.3. The third-order valence-electron chi connectivity index (χ3n) is 13.1. The Balaban J connectivity index is 1.50. The molecule has 6 rings (SSSR count). The van der Waals surface area contributed by atoms with Crippen molar-refractivity contribution in [3.63, 3.8) is 0 Å². The van der Waals surface area contributed by atoms with Crippen molar-refractivity contribution < 1.29 is 22.7 Å². The van der Waals surface area contributed by atoms with E-state index in [-0.39, 0.29) is 28.7 Å². The Kier molecular flexibility index (Phi) is 11.1. The monoisotopic (exact) mass is 728 g/mol. The van der Waals surface area contributed by atoms with E-state index in [2.05, 4.69) is 53.0 Å². The fourth-order valence-electron chi connectivity index (χ4n) is 8.86. The number of likely N-dealkylation sites (N-methyl/N-ethyl adjacent to an activating group) is 1. The molecular formula is C39H57ClN4O5S. The number of amides is 1.